The molecule has 0 spiro atoms. The van der Waals surface area contributed by atoms with Crippen LogP contribution in [-0.4, -0.2) is 15.1 Å². The quantitative estimate of drug-likeness (QED) is 0.916. The van der Waals surface area contributed by atoms with Gasteiger partial charge in [-0.25, -0.2) is 23.1 Å². The summed E-state index contributed by atoms with van der Waals surface area (Å²) in [7, 11) is 0. The number of nitrogens with zero attached hydrogens (tertiary/aromatic N) is 2. The van der Waals surface area contributed by atoms with E-state index in [2.05, 4.69) is 9.97 Å². The van der Waals surface area contributed by atoms with Gasteiger partial charge < -0.3 is 5.11 Å². The van der Waals surface area contributed by atoms with E-state index in [1.165, 1.54) is 18.2 Å². The van der Waals surface area contributed by atoms with E-state index in [9.17, 15) is 13.2 Å². The number of alkyl halides is 2. The highest BCUT2D eigenvalue weighted by Crippen LogP contribution is 2.24. The van der Waals surface area contributed by atoms with Gasteiger partial charge in [0, 0.05) is 17.3 Å². The highest BCUT2D eigenvalue weighted by molar-refractivity contribution is 5.55. The van der Waals surface area contributed by atoms with Gasteiger partial charge in [-0.05, 0) is 12.1 Å². The number of hydrogen-bond acceptors (Lipinski definition) is 3. The first kappa shape index (κ1) is 12.5. The van der Waals surface area contributed by atoms with Crippen LogP contribution in [0.2, 0.25) is 0 Å². The van der Waals surface area contributed by atoms with Crippen LogP contribution in [0, 0.1) is 5.82 Å². The molecule has 0 unspecified atom stereocenters. The van der Waals surface area contributed by atoms with Crippen molar-refractivity contribution in [3.05, 3.63) is 47.5 Å². The van der Waals surface area contributed by atoms with Crippen LogP contribution < -0.4 is 0 Å². The molecule has 0 saturated heterocycles. The van der Waals surface area contributed by atoms with Crippen LogP contribution in [-0.2, 0) is 6.61 Å². The van der Waals surface area contributed by atoms with Crippen molar-refractivity contribution in [1.82, 2.24) is 9.97 Å². The molecule has 0 aliphatic rings. The zero-order valence-electron chi connectivity index (χ0n) is 9.15. The second-order valence-electron chi connectivity index (χ2n) is 3.57. The second-order valence-corrected chi connectivity index (χ2v) is 3.57. The van der Waals surface area contributed by atoms with Crippen LogP contribution in [0.3, 0.4) is 0 Å². The zero-order valence-corrected chi connectivity index (χ0v) is 9.15. The van der Waals surface area contributed by atoms with Gasteiger partial charge in [0.25, 0.3) is 6.43 Å². The normalized spacial score (nSPS) is 10.9. The fourth-order valence-electron chi connectivity index (χ4n) is 1.50. The monoisotopic (exact) mass is 254 g/mol. The summed E-state index contributed by atoms with van der Waals surface area (Å²) in [6.45, 7) is -0.566. The molecule has 2 aromatic rings. The molecule has 1 aromatic carbocycles. The minimum Gasteiger partial charge on any atom is -0.392 e. The lowest BCUT2D eigenvalue weighted by molar-refractivity contribution is 0.141. The van der Waals surface area contributed by atoms with Gasteiger partial charge in [-0.1, -0.05) is 12.1 Å². The van der Waals surface area contributed by atoms with E-state index >= 15 is 0 Å². The molecular weight excluding hydrogens is 245 g/mol. The number of aliphatic hydroxyl groups excluding tert-OH is 1. The Balaban J connectivity index is 2.50. The van der Waals surface area contributed by atoms with Crippen LogP contribution in [0.4, 0.5) is 13.2 Å². The van der Waals surface area contributed by atoms with Crippen LogP contribution >= 0.6 is 0 Å². The standard InChI is InChI=1S/C12H9F3N2O/c13-9-3-1-2-7(4-9)12-16-5-8(6-18)10(17-12)11(14)15/h1-5,11,18H,6H2. The molecule has 0 aliphatic carbocycles. The molecule has 18 heavy (non-hydrogen) atoms. The van der Waals surface area contributed by atoms with Crippen molar-refractivity contribution in [1.29, 1.82) is 0 Å². The topological polar surface area (TPSA) is 46.0 Å². The molecule has 3 nitrogen and oxygen atoms in total. The van der Waals surface area contributed by atoms with Gasteiger partial charge >= 0.3 is 0 Å². The molecule has 1 aromatic heterocycles. The summed E-state index contributed by atoms with van der Waals surface area (Å²) in [6.07, 6.45) is -1.70. The minimum atomic E-state index is -2.82. The molecule has 0 fully saturated rings. The van der Waals surface area contributed by atoms with Crippen molar-refractivity contribution in [2.24, 2.45) is 0 Å². The maximum Gasteiger partial charge on any atom is 0.280 e. The predicted octanol–water partition coefficient (Wildman–Crippen LogP) is 2.71. The molecule has 0 amide bonds. The minimum absolute atomic E-state index is 0.00185. The van der Waals surface area contributed by atoms with Crippen molar-refractivity contribution < 1.29 is 18.3 Å². The highest BCUT2D eigenvalue weighted by atomic mass is 19.3. The summed E-state index contributed by atoms with van der Waals surface area (Å²) < 4.78 is 38.4. The maximum atomic E-state index is 13.0. The number of hydrogen-bond donors (Lipinski definition) is 1. The van der Waals surface area contributed by atoms with E-state index in [0.717, 1.165) is 12.3 Å². The van der Waals surface area contributed by atoms with E-state index < -0.39 is 24.5 Å². The molecule has 2 rings (SSSR count). The average Bonchev–Trinajstić information content (AvgIpc) is 2.38. The smallest absolute Gasteiger partial charge is 0.280 e. The zero-order chi connectivity index (χ0) is 13.1. The molecule has 0 radical (unpaired) electrons. The van der Waals surface area contributed by atoms with Gasteiger partial charge in [0.15, 0.2) is 5.82 Å². The predicted molar refractivity (Wildman–Crippen MR) is 58.3 cm³/mol. The molecule has 1 heterocycles. The fourth-order valence-corrected chi connectivity index (χ4v) is 1.50. The molecule has 94 valence electrons. The Morgan fingerprint density at radius 2 is 2.06 bits per heavy atom. The first-order valence-corrected chi connectivity index (χ1v) is 5.12. The largest absolute Gasteiger partial charge is 0.392 e. The number of aliphatic hydroxyl groups is 1. The van der Waals surface area contributed by atoms with Crippen LogP contribution in [0.25, 0.3) is 11.4 Å². The number of halogens is 3. The Labute approximate surface area is 101 Å². The summed E-state index contributed by atoms with van der Waals surface area (Å²) in [5.41, 5.74) is -0.265. The van der Waals surface area contributed by atoms with Crippen molar-refractivity contribution in [3.63, 3.8) is 0 Å². The summed E-state index contributed by atoms with van der Waals surface area (Å²) in [6, 6.07) is 5.35. The van der Waals surface area contributed by atoms with Crippen LogP contribution in [0.15, 0.2) is 30.5 Å². The van der Waals surface area contributed by atoms with Gasteiger partial charge in [-0.3, -0.25) is 0 Å². The molecule has 0 bridgehead atoms. The lowest BCUT2D eigenvalue weighted by Crippen LogP contribution is -2.02. The fraction of sp³-hybridized carbons (Fsp3) is 0.167. The Kier molecular flexibility index (Phi) is 3.57. The first-order valence-electron chi connectivity index (χ1n) is 5.12. The van der Waals surface area contributed by atoms with Crippen LogP contribution in [0.5, 0.6) is 0 Å². The van der Waals surface area contributed by atoms with Crippen molar-refractivity contribution in [2.45, 2.75) is 13.0 Å². The third kappa shape index (κ3) is 2.48. The highest BCUT2D eigenvalue weighted by Gasteiger charge is 2.16. The summed E-state index contributed by atoms with van der Waals surface area (Å²) >= 11 is 0. The SMILES string of the molecule is OCc1cnc(-c2cccc(F)c2)nc1C(F)F. The molecule has 0 saturated carbocycles. The number of benzene rings is 1. The molecule has 6 heteroatoms. The average molecular weight is 254 g/mol. The summed E-state index contributed by atoms with van der Waals surface area (Å²) in [5, 5.41) is 8.90. The maximum absolute atomic E-state index is 13.0. The Hall–Kier alpha value is -1.95. The van der Waals surface area contributed by atoms with E-state index in [0.29, 0.717) is 5.56 Å². The summed E-state index contributed by atoms with van der Waals surface area (Å²) in [4.78, 5) is 7.50. The Bertz CT molecular complexity index is 561. The Morgan fingerprint density at radius 3 is 2.67 bits per heavy atom. The van der Waals surface area contributed by atoms with E-state index in [4.69, 9.17) is 5.11 Å². The van der Waals surface area contributed by atoms with E-state index in [1.54, 1.807) is 0 Å². The molecule has 0 aliphatic heterocycles. The second kappa shape index (κ2) is 5.14. The third-order valence-electron chi connectivity index (χ3n) is 2.36. The Morgan fingerprint density at radius 1 is 1.28 bits per heavy atom. The van der Waals surface area contributed by atoms with Gasteiger partial charge in [0.05, 0.1) is 6.61 Å². The third-order valence-corrected chi connectivity index (χ3v) is 2.36. The molecular formula is C12H9F3N2O. The molecule has 0 atom stereocenters. The lowest BCUT2D eigenvalue weighted by atomic mass is 10.2. The number of aromatic nitrogens is 2. The molecule has 1 N–H and O–H groups in total. The number of rotatable bonds is 3. The lowest BCUT2D eigenvalue weighted by Gasteiger charge is -2.07. The van der Waals surface area contributed by atoms with Crippen molar-refractivity contribution in [2.75, 3.05) is 0 Å². The van der Waals surface area contributed by atoms with Crippen molar-refractivity contribution >= 4 is 0 Å². The van der Waals surface area contributed by atoms with E-state index in [-0.39, 0.29) is 11.4 Å². The van der Waals surface area contributed by atoms with Gasteiger partial charge in [-0.15, -0.1) is 0 Å². The van der Waals surface area contributed by atoms with Gasteiger partial charge in [-0.2, -0.15) is 0 Å². The van der Waals surface area contributed by atoms with Crippen molar-refractivity contribution in [3.8, 4) is 11.4 Å². The van der Waals surface area contributed by atoms with E-state index in [1.807, 2.05) is 0 Å². The summed E-state index contributed by atoms with van der Waals surface area (Å²) in [5.74, 6) is -0.497. The van der Waals surface area contributed by atoms with Gasteiger partial charge in [0.1, 0.15) is 11.5 Å². The van der Waals surface area contributed by atoms with Gasteiger partial charge in [0.2, 0.25) is 0 Å². The first-order chi connectivity index (χ1) is 8.61. The van der Waals surface area contributed by atoms with Crippen LogP contribution in [0.1, 0.15) is 17.7 Å².